The Morgan fingerprint density at radius 3 is 2.47 bits per heavy atom. The average molecular weight is 259 g/mol. The topological polar surface area (TPSA) is 81.1 Å². The Balaban J connectivity index is 2.77. The SMILES string of the molecule is Cn1nccc1S(=O)(=O)NCC(=O)C(C)(C)C. The highest BCUT2D eigenvalue weighted by molar-refractivity contribution is 7.89. The Bertz CT molecular complexity index is 511. The molecule has 0 amide bonds. The lowest BCUT2D eigenvalue weighted by Crippen LogP contribution is -2.36. The number of nitrogens with zero attached hydrogens (tertiary/aromatic N) is 2. The molecule has 0 spiro atoms. The first-order valence-electron chi connectivity index (χ1n) is 5.15. The van der Waals surface area contributed by atoms with E-state index in [1.54, 1.807) is 20.8 Å². The van der Waals surface area contributed by atoms with Crippen LogP contribution in [0.3, 0.4) is 0 Å². The maximum absolute atomic E-state index is 11.8. The number of hydrogen-bond donors (Lipinski definition) is 1. The van der Waals surface area contributed by atoms with Crippen molar-refractivity contribution in [2.45, 2.75) is 25.8 Å². The molecule has 0 unspecified atom stereocenters. The maximum atomic E-state index is 11.8. The van der Waals surface area contributed by atoms with Gasteiger partial charge in [-0.2, -0.15) is 5.10 Å². The third-order valence-electron chi connectivity index (χ3n) is 2.31. The van der Waals surface area contributed by atoms with Crippen LogP contribution in [0.2, 0.25) is 0 Å². The van der Waals surface area contributed by atoms with Crippen molar-refractivity contribution in [2.75, 3.05) is 6.54 Å². The van der Waals surface area contributed by atoms with Gasteiger partial charge >= 0.3 is 0 Å². The Morgan fingerprint density at radius 2 is 2.06 bits per heavy atom. The van der Waals surface area contributed by atoms with Gasteiger partial charge < -0.3 is 0 Å². The zero-order valence-electron chi connectivity index (χ0n) is 10.4. The van der Waals surface area contributed by atoms with Crippen LogP contribution in [0, 0.1) is 5.41 Å². The molecule has 1 heterocycles. The lowest BCUT2D eigenvalue weighted by molar-refractivity contribution is -0.125. The second kappa shape index (κ2) is 4.58. The molecule has 0 fully saturated rings. The first-order chi connectivity index (χ1) is 7.64. The van der Waals surface area contributed by atoms with Crippen molar-refractivity contribution in [3.05, 3.63) is 12.3 Å². The highest BCUT2D eigenvalue weighted by Gasteiger charge is 2.24. The minimum atomic E-state index is -3.67. The first-order valence-corrected chi connectivity index (χ1v) is 6.64. The number of ketones is 1. The van der Waals surface area contributed by atoms with Crippen molar-refractivity contribution < 1.29 is 13.2 Å². The number of rotatable bonds is 4. The van der Waals surface area contributed by atoms with Crippen LogP contribution in [0.1, 0.15) is 20.8 Å². The van der Waals surface area contributed by atoms with E-state index in [-0.39, 0.29) is 17.4 Å². The van der Waals surface area contributed by atoms with E-state index >= 15 is 0 Å². The summed E-state index contributed by atoms with van der Waals surface area (Å²) in [6, 6.07) is 1.38. The summed E-state index contributed by atoms with van der Waals surface area (Å²) < 4.78 is 27.2. The number of aromatic nitrogens is 2. The highest BCUT2D eigenvalue weighted by atomic mass is 32.2. The second-order valence-electron chi connectivity index (χ2n) is 4.79. The maximum Gasteiger partial charge on any atom is 0.258 e. The number of carbonyl (C=O) groups is 1. The smallest absolute Gasteiger partial charge is 0.258 e. The normalized spacial score (nSPS) is 12.7. The van der Waals surface area contributed by atoms with E-state index in [1.165, 1.54) is 24.0 Å². The fourth-order valence-electron chi connectivity index (χ4n) is 1.13. The molecule has 0 aromatic carbocycles. The van der Waals surface area contributed by atoms with E-state index < -0.39 is 15.4 Å². The predicted molar refractivity (Wildman–Crippen MR) is 62.9 cm³/mol. The molecule has 1 aromatic rings. The molecule has 6 nitrogen and oxygen atoms in total. The fraction of sp³-hybridized carbons (Fsp3) is 0.600. The Kier molecular flexibility index (Phi) is 3.73. The van der Waals surface area contributed by atoms with Crippen molar-refractivity contribution in [3.8, 4) is 0 Å². The van der Waals surface area contributed by atoms with Crippen LogP contribution in [0.4, 0.5) is 0 Å². The van der Waals surface area contributed by atoms with Crippen LogP contribution in [-0.4, -0.2) is 30.5 Å². The summed E-state index contributed by atoms with van der Waals surface area (Å²) in [5, 5.41) is 3.81. The van der Waals surface area contributed by atoms with E-state index in [4.69, 9.17) is 0 Å². The molecule has 0 saturated heterocycles. The lowest BCUT2D eigenvalue weighted by Gasteiger charge is -2.16. The van der Waals surface area contributed by atoms with Crippen molar-refractivity contribution in [1.82, 2.24) is 14.5 Å². The quantitative estimate of drug-likeness (QED) is 0.844. The van der Waals surface area contributed by atoms with E-state index in [0.29, 0.717) is 0 Å². The van der Waals surface area contributed by atoms with Crippen LogP contribution < -0.4 is 4.72 Å². The van der Waals surface area contributed by atoms with Gasteiger partial charge in [0.15, 0.2) is 10.8 Å². The van der Waals surface area contributed by atoms with Gasteiger partial charge in [-0.25, -0.2) is 13.1 Å². The summed E-state index contributed by atoms with van der Waals surface area (Å²) in [7, 11) is -2.15. The van der Waals surface area contributed by atoms with Crippen molar-refractivity contribution >= 4 is 15.8 Å². The van der Waals surface area contributed by atoms with E-state index in [0.717, 1.165) is 0 Å². The second-order valence-corrected chi connectivity index (χ2v) is 6.50. The van der Waals surface area contributed by atoms with Crippen molar-refractivity contribution in [1.29, 1.82) is 0 Å². The third-order valence-corrected chi connectivity index (χ3v) is 3.79. The Hall–Kier alpha value is -1.21. The van der Waals surface area contributed by atoms with Crippen LogP contribution in [0.15, 0.2) is 17.3 Å². The highest BCUT2D eigenvalue weighted by Crippen LogP contribution is 2.14. The molecule has 0 aliphatic carbocycles. The van der Waals surface area contributed by atoms with Gasteiger partial charge in [-0.3, -0.25) is 9.48 Å². The van der Waals surface area contributed by atoms with Gasteiger partial charge in [0.1, 0.15) is 0 Å². The number of carbonyl (C=O) groups excluding carboxylic acids is 1. The largest absolute Gasteiger partial charge is 0.298 e. The molecule has 17 heavy (non-hydrogen) atoms. The van der Waals surface area contributed by atoms with E-state index in [2.05, 4.69) is 9.82 Å². The van der Waals surface area contributed by atoms with Gasteiger partial charge in [0.2, 0.25) is 0 Å². The monoisotopic (exact) mass is 259 g/mol. The predicted octanol–water partition coefficient (Wildman–Crippen LogP) is 0.314. The molecule has 1 rings (SSSR count). The first kappa shape index (κ1) is 13.9. The van der Waals surface area contributed by atoms with Gasteiger partial charge in [0, 0.05) is 12.5 Å². The summed E-state index contributed by atoms with van der Waals surface area (Å²) in [4.78, 5) is 11.6. The lowest BCUT2D eigenvalue weighted by atomic mass is 9.91. The summed E-state index contributed by atoms with van der Waals surface area (Å²) in [6.45, 7) is 5.02. The molecule has 1 aromatic heterocycles. The number of aryl methyl sites for hydroxylation is 1. The molecule has 96 valence electrons. The molecule has 0 aliphatic heterocycles. The van der Waals surface area contributed by atoms with Gasteiger partial charge in [0.25, 0.3) is 10.0 Å². The Labute approximate surface area is 101 Å². The zero-order chi connectivity index (χ0) is 13.3. The number of Topliss-reactive ketones (excluding diaryl/α,β-unsaturated/α-hetero) is 1. The van der Waals surface area contributed by atoms with E-state index in [1.807, 2.05) is 0 Å². The van der Waals surface area contributed by atoms with Crippen LogP contribution in [-0.2, 0) is 21.9 Å². The van der Waals surface area contributed by atoms with Crippen LogP contribution in [0.25, 0.3) is 0 Å². The number of sulfonamides is 1. The van der Waals surface area contributed by atoms with Crippen molar-refractivity contribution in [2.24, 2.45) is 12.5 Å². The molecule has 0 bridgehead atoms. The molecular weight excluding hydrogens is 242 g/mol. The molecule has 0 saturated carbocycles. The Morgan fingerprint density at radius 1 is 1.47 bits per heavy atom. The summed E-state index contributed by atoms with van der Waals surface area (Å²) in [6.07, 6.45) is 1.39. The number of hydrogen-bond acceptors (Lipinski definition) is 4. The molecule has 0 atom stereocenters. The summed E-state index contributed by atoms with van der Waals surface area (Å²) in [5.74, 6) is -0.164. The standard InChI is InChI=1S/C10H17N3O3S/c1-10(2,3)8(14)7-12-17(15,16)9-5-6-11-13(9)4/h5-6,12H,7H2,1-4H3. The molecule has 1 N–H and O–H groups in total. The molecule has 0 radical (unpaired) electrons. The van der Waals surface area contributed by atoms with Crippen LogP contribution >= 0.6 is 0 Å². The van der Waals surface area contributed by atoms with Gasteiger partial charge in [-0.15, -0.1) is 0 Å². The van der Waals surface area contributed by atoms with E-state index in [9.17, 15) is 13.2 Å². The molecular formula is C10H17N3O3S. The average Bonchev–Trinajstić information content (AvgIpc) is 2.60. The number of nitrogens with one attached hydrogen (secondary N) is 1. The molecule has 7 heteroatoms. The van der Waals surface area contributed by atoms with Crippen molar-refractivity contribution in [3.63, 3.8) is 0 Å². The minimum absolute atomic E-state index is 0.0409. The van der Waals surface area contributed by atoms with Gasteiger partial charge in [-0.1, -0.05) is 20.8 Å². The minimum Gasteiger partial charge on any atom is -0.298 e. The third kappa shape index (κ3) is 3.37. The zero-order valence-corrected chi connectivity index (χ0v) is 11.2. The summed E-state index contributed by atoms with van der Waals surface area (Å²) >= 11 is 0. The molecule has 0 aliphatic rings. The fourth-order valence-corrected chi connectivity index (χ4v) is 2.23. The van der Waals surface area contributed by atoms with Crippen LogP contribution in [0.5, 0.6) is 0 Å². The van der Waals surface area contributed by atoms with Gasteiger partial charge in [-0.05, 0) is 6.07 Å². The summed E-state index contributed by atoms with van der Waals surface area (Å²) in [5.41, 5.74) is -0.561. The van der Waals surface area contributed by atoms with Gasteiger partial charge in [0.05, 0.1) is 12.7 Å².